The van der Waals surface area contributed by atoms with Crippen molar-refractivity contribution in [3.05, 3.63) is 76.5 Å². The van der Waals surface area contributed by atoms with Crippen LogP contribution in [0.2, 0.25) is 5.02 Å². The number of carboxylic acids is 1. The van der Waals surface area contributed by atoms with Gasteiger partial charge >= 0.3 is 5.97 Å². The summed E-state index contributed by atoms with van der Waals surface area (Å²) in [7, 11) is 0. The Morgan fingerprint density at radius 2 is 1.83 bits per heavy atom. The van der Waals surface area contributed by atoms with Gasteiger partial charge in [0.15, 0.2) is 11.8 Å². The van der Waals surface area contributed by atoms with Crippen LogP contribution < -0.4 is 9.64 Å². The van der Waals surface area contributed by atoms with Crippen LogP contribution in [0.1, 0.15) is 76.8 Å². The molecular formula is C38H45ClN4O5. The van der Waals surface area contributed by atoms with Gasteiger partial charge in [0.05, 0.1) is 35.2 Å². The van der Waals surface area contributed by atoms with Crippen molar-refractivity contribution in [3.8, 4) is 28.1 Å². The molecule has 1 N–H and O–H groups in total. The lowest BCUT2D eigenvalue weighted by Crippen LogP contribution is -2.45. The van der Waals surface area contributed by atoms with Crippen molar-refractivity contribution in [3.63, 3.8) is 0 Å². The molecule has 0 spiro atoms. The van der Waals surface area contributed by atoms with Crippen LogP contribution in [0.5, 0.6) is 5.75 Å². The normalized spacial score (nSPS) is 21.5. The minimum atomic E-state index is -1.23. The Morgan fingerprint density at radius 3 is 2.54 bits per heavy atom. The summed E-state index contributed by atoms with van der Waals surface area (Å²) in [5.41, 5.74) is 5.17. The van der Waals surface area contributed by atoms with Gasteiger partial charge in [0.25, 0.3) is 0 Å². The van der Waals surface area contributed by atoms with Crippen molar-refractivity contribution in [1.82, 2.24) is 14.6 Å². The van der Waals surface area contributed by atoms with E-state index in [1.165, 1.54) is 0 Å². The molecule has 2 aromatic carbocycles. The van der Waals surface area contributed by atoms with Gasteiger partial charge < -0.3 is 24.2 Å². The molecule has 6 bridgehead atoms. The summed E-state index contributed by atoms with van der Waals surface area (Å²) >= 11 is 6.59. The average Bonchev–Trinajstić information content (AvgIpc) is 3.44. The van der Waals surface area contributed by atoms with E-state index in [2.05, 4.69) is 49.1 Å². The van der Waals surface area contributed by atoms with Gasteiger partial charge in [0.1, 0.15) is 11.6 Å². The van der Waals surface area contributed by atoms with Gasteiger partial charge in [-0.25, -0.2) is 9.78 Å². The highest BCUT2D eigenvalue weighted by atomic mass is 35.5. The summed E-state index contributed by atoms with van der Waals surface area (Å²) in [6.07, 6.45) is 5.09. The first kappa shape index (κ1) is 34.0. The third kappa shape index (κ3) is 7.09. The molecule has 0 radical (unpaired) electrons. The topological polar surface area (TPSA) is 98.4 Å². The lowest BCUT2D eigenvalue weighted by molar-refractivity contribution is -0.160. The van der Waals surface area contributed by atoms with Crippen molar-refractivity contribution in [2.75, 3.05) is 24.6 Å². The Labute approximate surface area is 287 Å². The molecule has 4 aromatic rings. The van der Waals surface area contributed by atoms with Crippen molar-refractivity contribution in [2.24, 2.45) is 0 Å². The highest BCUT2D eigenvalue weighted by molar-refractivity contribution is 6.31. The first-order valence-corrected chi connectivity index (χ1v) is 17.0. The van der Waals surface area contributed by atoms with E-state index >= 15 is 0 Å². The number of aryl methyl sites for hydroxylation is 2. The van der Waals surface area contributed by atoms with E-state index in [0.717, 1.165) is 47.2 Å². The average molecular weight is 673 g/mol. The van der Waals surface area contributed by atoms with Crippen LogP contribution in [0.25, 0.3) is 28.0 Å². The zero-order valence-corrected chi connectivity index (χ0v) is 29.6. The monoisotopic (exact) mass is 672 g/mol. The number of hydrogen-bond donors (Lipinski definition) is 1. The molecule has 10 heteroatoms. The van der Waals surface area contributed by atoms with E-state index in [4.69, 9.17) is 35.9 Å². The number of nitrogens with zero attached hydrogens (tertiary/aromatic N) is 4. The van der Waals surface area contributed by atoms with E-state index in [1.54, 1.807) is 4.52 Å². The smallest absolute Gasteiger partial charge is 0.337 e. The second-order valence-corrected chi connectivity index (χ2v) is 14.7. The molecular weight excluding hydrogens is 628 g/mol. The summed E-state index contributed by atoms with van der Waals surface area (Å²) in [6, 6.07) is 14.1. The van der Waals surface area contributed by atoms with Crippen LogP contribution in [0.4, 0.5) is 5.82 Å². The van der Waals surface area contributed by atoms with E-state index in [9.17, 15) is 9.90 Å². The lowest BCUT2D eigenvalue weighted by atomic mass is 9.92. The SMILES string of the molecule is Cc1cc2c(cc1Cl)O[C@@H](C)C/C=C\COC1(C)CCN(CC1)c1c([C@H](OC(C)(C)C)C(=O)O)c(C)nc3cc(nn13)-c1cccc-2c1. The number of carbonyl (C=O) groups is 1. The summed E-state index contributed by atoms with van der Waals surface area (Å²) < 4.78 is 20.9. The standard InChI is InChI=1S/C38H45ClN4O5/c1-23-19-28-26-12-10-13-27(20-26)30-22-32-40-25(3)33(34(36(44)45)48-37(4,5)6)35(43(32)41-30)42-16-14-38(7,15-17-42)46-18-9-8-11-24(2)47-31(28)21-29(23)39/h8-10,12-13,19-22,24,34H,11,14-18H2,1-7H3,(H,44,45)/b9-8-/t24-,34-/m0/s1. The van der Waals surface area contributed by atoms with Crippen LogP contribution in [0.3, 0.4) is 0 Å². The number of fused-ring (bicyclic) bond motifs is 7. The number of ether oxygens (including phenoxy) is 3. The number of hydrogen-bond acceptors (Lipinski definition) is 7. The molecule has 0 amide bonds. The molecule has 9 nitrogen and oxygen atoms in total. The van der Waals surface area contributed by atoms with Crippen LogP contribution in [0.15, 0.2) is 54.6 Å². The molecule has 0 aliphatic carbocycles. The van der Waals surface area contributed by atoms with Gasteiger partial charge in [-0.05, 0) is 90.6 Å². The molecule has 2 aromatic heterocycles. The number of carboxylic acid groups (broad SMARTS) is 1. The van der Waals surface area contributed by atoms with Crippen LogP contribution in [-0.4, -0.2) is 62.7 Å². The van der Waals surface area contributed by atoms with Gasteiger partial charge in [-0.15, -0.1) is 0 Å². The third-order valence-electron chi connectivity index (χ3n) is 9.10. The first-order chi connectivity index (χ1) is 22.7. The summed E-state index contributed by atoms with van der Waals surface area (Å²) in [4.78, 5) is 19.9. The molecule has 1 fully saturated rings. The highest BCUT2D eigenvalue weighted by Gasteiger charge is 2.37. The molecule has 7 rings (SSSR count). The fourth-order valence-electron chi connectivity index (χ4n) is 6.49. The Bertz CT molecular complexity index is 1870. The molecule has 254 valence electrons. The quantitative estimate of drug-likeness (QED) is 0.217. The number of piperidine rings is 1. The fraction of sp³-hybridized carbons (Fsp3) is 0.447. The van der Waals surface area contributed by atoms with Gasteiger partial charge in [-0.3, -0.25) is 0 Å². The maximum absolute atomic E-state index is 12.8. The number of benzene rings is 2. The Morgan fingerprint density at radius 1 is 1.10 bits per heavy atom. The zero-order chi connectivity index (χ0) is 34.4. The number of rotatable bonds is 3. The zero-order valence-electron chi connectivity index (χ0n) is 28.8. The predicted molar refractivity (Wildman–Crippen MR) is 189 cm³/mol. The number of halogens is 1. The van der Waals surface area contributed by atoms with Crippen molar-refractivity contribution < 1.29 is 24.1 Å². The second-order valence-electron chi connectivity index (χ2n) is 14.2. The molecule has 48 heavy (non-hydrogen) atoms. The van der Waals surface area contributed by atoms with E-state index in [-0.39, 0.29) is 11.7 Å². The molecule has 3 aliphatic heterocycles. The Kier molecular flexibility index (Phi) is 9.32. The highest BCUT2D eigenvalue weighted by Crippen LogP contribution is 2.40. The molecule has 3 aliphatic rings. The third-order valence-corrected chi connectivity index (χ3v) is 9.51. The minimum Gasteiger partial charge on any atom is -0.490 e. The van der Waals surface area contributed by atoms with E-state index in [1.807, 2.05) is 58.9 Å². The first-order valence-electron chi connectivity index (χ1n) is 16.6. The van der Waals surface area contributed by atoms with Crippen molar-refractivity contribution in [2.45, 2.75) is 91.1 Å². The van der Waals surface area contributed by atoms with Gasteiger partial charge in [-0.2, -0.15) is 9.61 Å². The predicted octanol–water partition coefficient (Wildman–Crippen LogP) is 8.38. The van der Waals surface area contributed by atoms with E-state index in [0.29, 0.717) is 53.2 Å². The number of anilines is 1. The van der Waals surface area contributed by atoms with Gasteiger partial charge in [0, 0.05) is 47.4 Å². The van der Waals surface area contributed by atoms with Crippen LogP contribution >= 0.6 is 11.6 Å². The maximum Gasteiger partial charge on any atom is 0.337 e. The lowest BCUT2D eigenvalue weighted by Gasteiger charge is -2.41. The Hall–Kier alpha value is -3.92. The molecule has 1 saturated heterocycles. The largest absolute Gasteiger partial charge is 0.490 e. The molecule has 0 unspecified atom stereocenters. The Balaban J connectivity index is 1.55. The molecule has 0 saturated carbocycles. The van der Waals surface area contributed by atoms with Crippen LogP contribution in [0, 0.1) is 13.8 Å². The second kappa shape index (κ2) is 13.2. The summed E-state index contributed by atoms with van der Waals surface area (Å²) in [6.45, 7) is 15.4. The van der Waals surface area contributed by atoms with Crippen LogP contribution in [-0.2, 0) is 14.3 Å². The number of aromatic nitrogens is 3. The number of aliphatic carboxylic acids is 1. The molecule has 5 heterocycles. The maximum atomic E-state index is 12.8. The minimum absolute atomic E-state index is 0.0800. The molecule has 2 atom stereocenters. The van der Waals surface area contributed by atoms with Gasteiger partial charge in [0.2, 0.25) is 0 Å². The summed E-state index contributed by atoms with van der Waals surface area (Å²) in [5.74, 6) is 0.329. The summed E-state index contributed by atoms with van der Waals surface area (Å²) in [5, 5.41) is 16.2. The van der Waals surface area contributed by atoms with Crippen molar-refractivity contribution in [1.29, 1.82) is 0 Å². The van der Waals surface area contributed by atoms with Gasteiger partial charge in [-0.1, -0.05) is 42.0 Å². The van der Waals surface area contributed by atoms with E-state index < -0.39 is 17.7 Å². The fourth-order valence-corrected chi connectivity index (χ4v) is 6.65. The van der Waals surface area contributed by atoms with Crippen molar-refractivity contribution >= 4 is 29.0 Å².